The normalized spacial score (nSPS) is 21.2. The van der Waals surface area contributed by atoms with Crippen molar-refractivity contribution in [3.63, 3.8) is 0 Å². The molecule has 0 radical (unpaired) electrons. The first kappa shape index (κ1) is 8.57. The summed E-state index contributed by atoms with van der Waals surface area (Å²) >= 11 is 0. The molecular formula is C11H16N2. The highest BCUT2D eigenvalue weighted by atomic mass is 14.9. The minimum atomic E-state index is 0.475. The van der Waals surface area contributed by atoms with Gasteiger partial charge in [-0.05, 0) is 49.6 Å². The number of rotatable bonds is 0. The summed E-state index contributed by atoms with van der Waals surface area (Å²) in [4.78, 5) is 0. The zero-order chi connectivity index (χ0) is 9.42. The van der Waals surface area contributed by atoms with Gasteiger partial charge in [-0.15, -0.1) is 0 Å². The van der Waals surface area contributed by atoms with Gasteiger partial charge in [0.2, 0.25) is 0 Å². The monoisotopic (exact) mass is 176 g/mol. The molecule has 0 aromatic heterocycles. The van der Waals surface area contributed by atoms with Gasteiger partial charge >= 0.3 is 0 Å². The van der Waals surface area contributed by atoms with E-state index in [2.05, 4.69) is 31.3 Å². The van der Waals surface area contributed by atoms with Crippen LogP contribution in [0, 0.1) is 6.92 Å². The molecule has 0 fully saturated rings. The van der Waals surface area contributed by atoms with E-state index in [0.717, 1.165) is 18.7 Å². The van der Waals surface area contributed by atoms with E-state index in [4.69, 9.17) is 5.73 Å². The average Bonchev–Trinajstić information content (AvgIpc) is 2.09. The molecule has 0 amide bonds. The highest BCUT2D eigenvalue weighted by Gasteiger charge is 2.16. The molecule has 1 aromatic carbocycles. The number of fused-ring (bicyclic) bond motifs is 1. The Kier molecular flexibility index (Phi) is 2.00. The summed E-state index contributed by atoms with van der Waals surface area (Å²) in [6, 6.07) is 4.81. The Labute approximate surface area is 79.1 Å². The lowest BCUT2D eigenvalue weighted by Crippen LogP contribution is -2.27. The molecule has 2 nitrogen and oxygen atoms in total. The maximum Gasteiger partial charge on any atom is 0.0346 e. The molecule has 1 aromatic rings. The van der Waals surface area contributed by atoms with Gasteiger partial charge in [-0.1, -0.05) is 6.07 Å². The predicted molar refractivity (Wildman–Crippen MR) is 55.7 cm³/mol. The van der Waals surface area contributed by atoms with Crippen LogP contribution in [0.4, 0.5) is 5.69 Å². The molecule has 70 valence electrons. The molecule has 0 spiro atoms. The largest absolute Gasteiger partial charge is 0.399 e. The van der Waals surface area contributed by atoms with Crippen LogP contribution in [-0.4, -0.2) is 6.54 Å². The van der Waals surface area contributed by atoms with Gasteiger partial charge in [0.1, 0.15) is 0 Å². The molecule has 1 unspecified atom stereocenters. The van der Waals surface area contributed by atoms with Crippen LogP contribution in [0.5, 0.6) is 0 Å². The van der Waals surface area contributed by atoms with E-state index < -0.39 is 0 Å². The maximum absolute atomic E-state index is 5.87. The Morgan fingerprint density at radius 2 is 2.23 bits per heavy atom. The van der Waals surface area contributed by atoms with E-state index in [0.29, 0.717) is 6.04 Å². The molecule has 1 heterocycles. The average molecular weight is 176 g/mol. The Hall–Kier alpha value is -1.02. The number of benzene rings is 1. The topological polar surface area (TPSA) is 38.0 Å². The van der Waals surface area contributed by atoms with Crippen molar-refractivity contribution in [2.45, 2.75) is 26.3 Å². The van der Waals surface area contributed by atoms with E-state index in [1.807, 2.05) is 0 Å². The summed E-state index contributed by atoms with van der Waals surface area (Å²) in [5, 5.41) is 3.44. The summed E-state index contributed by atoms with van der Waals surface area (Å²) in [6.45, 7) is 5.33. The summed E-state index contributed by atoms with van der Waals surface area (Å²) in [5.41, 5.74) is 10.8. The van der Waals surface area contributed by atoms with Crippen LogP contribution in [0.25, 0.3) is 0 Å². The zero-order valence-corrected chi connectivity index (χ0v) is 8.22. The second-order valence-electron chi connectivity index (χ2n) is 3.83. The second-order valence-corrected chi connectivity index (χ2v) is 3.83. The first-order valence-corrected chi connectivity index (χ1v) is 4.81. The van der Waals surface area contributed by atoms with E-state index in [1.165, 1.54) is 16.7 Å². The van der Waals surface area contributed by atoms with E-state index >= 15 is 0 Å². The number of hydrogen-bond donors (Lipinski definition) is 2. The van der Waals surface area contributed by atoms with Gasteiger partial charge in [0.25, 0.3) is 0 Å². The third-order valence-electron chi connectivity index (χ3n) is 2.84. The zero-order valence-electron chi connectivity index (χ0n) is 8.22. The van der Waals surface area contributed by atoms with Crippen molar-refractivity contribution in [1.29, 1.82) is 0 Å². The van der Waals surface area contributed by atoms with Gasteiger partial charge in [-0.25, -0.2) is 0 Å². The van der Waals surface area contributed by atoms with Gasteiger partial charge in [0.15, 0.2) is 0 Å². The molecule has 1 atom stereocenters. The molecule has 1 aliphatic rings. The number of anilines is 1. The Bertz CT molecular complexity index is 331. The van der Waals surface area contributed by atoms with Crippen LogP contribution in [-0.2, 0) is 6.42 Å². The standard InChI is InChI=1S/C11H16N2/c1-7-5-10-8(2)13-4-3-9(10)6-11(7)12/h5-6,8,13H,3-4,12H2,1-2H3. The van der Waals surface area contributed by atoms with Crippen molar-refractivity contribution in [2.75, 3.05) is 12.3 Å². The molecule has 0 saturated carbocycles. The lowest BCUT2D eigenvalue weighted by Gasteiger charge is -2.24. The van der Waals surface area contributed by atoms with Crippen molar-refractivity contribution < 1.29 is 0 Å². The number of aryl methyl sites for hydroxylation is 1. The van der Waals surface area contributed by atoms with Crippen LogP contribution < -0.4 is 11.1 Å². The van der Waals surface area contributed by atoms with Gasteiger partial charge in [0, 0.05) is 11.7 Å². The molecule has 0 saturated heterocycles. The van der Waals surface area contributed by atoms with Crippen LogP contribution in [0.15, 0.2) is 12.1 Å². The summed E-state index contributed by atoms with van der Waals surface area (Å²) in [5.74, 6) is 0. The third kappa shape index (κ3) is 1.42. The third-order valence-corrected chi connectivity index (χ3v) is 2.84. The summed E-state index contributed by atoms with van der Waals surface area (Å²) in [7, 11) is 0. The number of nitrogens with one attached hydrogen (secondary N) is 1. The predicted octanol–water partition coefficient (Wildman–Crippen LogP) is 1.78. The van der Waals surface area contributed by atoms with E-state index in [-0.39, 0.29) is 0 Å². The molecular weight excluding hydrogens is 160 g/mol. The second kappa shape index (κ2) is 3.04. The van der Waals surface area contributed by atoms with Gasteiger partial charge < -0.3 is 11.1 Å². The SMILES string of the molecule is Cc1cc2c(cc1N)CCNC2C. The molecule has 1 aliphatic heterocycles. The summed E-state index contributed by atoms with van der Waals surface area (Å²) < 4.78 is 0. The lowest BCUT2D eigenvalue weighted by molar-refractivity contribution is 0.541. The van der Waals surface area contributed by atoms with Gasteiger partial charge in [-0.2, -0.15) is 0 Å². The smallest absolute Gasteiger partial charge is 0.0346 e. The molecule has 0 aliphatic carbocycles. The van der Waals surface area contributed by atoms with E-state index in [1.54, 1.807) is 0 Å². The fraction of sp³-hybridized carbons (Fsp3) is 0.455. The molecule has 0 bridgehead atoms. The van der Waals surface area contributed by atoms with Gasteiger partial charge in [0.05, 0.1) is 0 Å². The Morgan fingerprint density at radius 1 is 1.46 bits per heavy atom. The minimum Gasteiger partial charge on any atom is -0.399 e. The first-order valence-electron chi connectivity index (χ1n) is 4.81. The van der Waals surface area contributed by atoms with Crippen molar-refractivity contribution in [2.24, 2.45) is 0 Å². The Morgan fingerprint density at radius 3 is 3.00 bits per heavy atom. The minimum absolute atomic E-state index is 0.475. The molecule has 2 heteroatoms. The highest BCUT2D eigenvalue weighted by molar-refractivity contribution is 5.52. The van der Waals surface area contributed by atoms with Crippen LogP contribution in [0.2, 0.25) is 0 Å². The van der Waals surface area contributed by atoms with E-state index in [9.17, 15) is 0 Å². The molecule has 2 rings (SSSR count). The summed E-state index contributed by atoms with van der Waals surface area (Å²) in [6.07, 6.45) is 1.10. The molecule has 3 N–H and O–H groups in total. The lowest BCUT2D eigenvalue weighted by atomic mass is 9.93. The van der Waals surface area contributed by atoms with Crippen molar-refractivity contribution in [1.82, 2.24) is 5.32 Å². The number of nitrogen functional groups attached to an aromatic ring is 1. The quantitative estimate of drug-likeness (QED) is 0.591. The fourth-order valence-electron chi connectivity index (χ4n) is 1.95. The number of nitrogens with two attached hydrogens (primary N) is 1. The Balaban J connectivity index is 2.52. The van der Waals surface area contributed by atoms with Crippen LogP contribution in [0.3, 0.4) is 0 Å². The maximum atomic E-state index is 5.87. The highest BCUT2D eigenvalue weighted by Crippen LogP contribution is 2.26. The van der Waals surface area contributed by atoms with Crippen molar-refractivity contribution in [3.05, 3.63) is 28.8 Å². The van der Waals surface area contributed by atoms with Crippen LogP contribution in [0.1, 0.15) is 29.7 Å². The molecule has 13 heavy (non-hydrogen) atoms. The van der Waals surface area contributed by atoms with Crippen LogP contribution >= 0.6 is 0 Å². The number of hydrogen-bond acceptors (Lipinski definition) is 2. The fourth-order valence-corrected chi connectivity index (χ4v) is 1.95. The van der Waals surface area contributed by atoms with Gasteiger partial charge in [-0.3, -0.25) is 0 Å². The van der Waals surface area contributed by atoms with Crippen molar-refractivity contribution in [3.8, 4) is 0 Å². The first-order chi connectivity index (χ1) is 6.18. The van der Waals surface area contributed by atoms with Crippen molar-refractivity contribution >= 4 is 5.69 Å².